The number of fused-ring (bicyclic) bond motifs is 1. The molecule has 0 spiro atoms. The Bertz CT molecular complexity index is 352. The van der Waals surface area contributed by atoms with Gasteiger partial charge in [-0.15, -0.1) is 0 Å². The van der Waals surface area contributed by atoms with Crippen LogP contribution in [0.5, 0.6) is 0 Å². The molecule has 0 fully saturated rings. The van der Waals surface area contributed by atoms with Crippen molar-refractivity contribution in [3.63, 3.8) is 0 Å². The van der Waals surface area contributed by atoms with Crippen molar-refractivity contribution in [3.05, 3.63) is 48.5 Å². The Morgan fingerprint density at radius 3 is 1.12 bits per heavy atom. The van der Waals surface area contributed by atoms with E-state index in [0.29, 0.717) is 0 Å². The molecule has 0 aromatic heterocycles. The number of rotatable bonds is 0. The normalized spacial score (nSPS) is 9.18. The third-order valence-electron chi connectivity index (χ3n) is 1.86. The zero-order valence-electron chi connectivity index (χ0n) is 11.2. The first-order valence-corrected chi connectivity index (χ1v) is 5.91. The lowest BCUT2D eigenvalue weighted by atomic mass is 10.1. The van der Waals surface area contributed by atoms with Gasteiger partial charge in [-0.1, -0.05) is 68.8 Å². The molecule has 0 saturated heterocycles. The first-order chi connectivity index (χ1) is 8.29. The number of nitrogens with zero attached hydrogens (tertiary/aromatic N) is 2. The smallest absolute Gasteiger partial charge is 0.0487 e. The molecule has 0 saturated carbocycles. The van der Waals surface area contributed by atoms with Crippen LogP contribution in [0.25, 0.3) is 10.8 Å². The number of benzene rings is 2. The van der Waals surface area contributed by atoms with Crippen LogP contribution in [-0.4, -0.2) is 14.1 Å². The molecule has 2 aromatic carbocycles. The maximum absolute atomic E-state index is 3.36. The Kier molecular flexibility index (Phi) is 9.73. The number of hydrogen-bond acceptors (Lipinski definition) is 2. The second-order valence-corrected chi connectivity index (χ2v) is 3.45. The highest BCUT2D eigenvalue weighted by Gasteiger charge is 1.85. The molecule has 0 bridgehead atoms. The third-order valence-corrected chi connectivity index (χ3v) is 1.86. The van der Waals surface area contributed by atoms with Gasteiger partial charge in [-0.3, -0.25) is 0 Å². The molecule has 2 rings (SSSR count). The van der Waals surface area contributed by atoms with E-state index in [0.717, 1.165) is 0 Å². The van der Waals surface area contributed by atoms with Crippen molar-refractivity contribution in [2.45, 2.75) is 20.3 Å². The molecule has 0 radical (unpaired) electrons. The standard InChI is InChI=1S/C10H8.C3H8.C2H6N2/c1-2-6-10-8-4-3-7-9(10)5-1;1-3-2;1-3-4-2/h1-8H;3H2,1-2H3;1-2H3. The zero-order valence-corrected chi connectivity index (χ0v) is 11.2. The minimum atomic E-state index is 1.25. The first-order valence-electron chi connectivity index (χ1n) is 5.91. The molecule has 2 aromatic rings. The second-order valence-electron chi connectivity index (χ2n) is 3.45. The minimum absolute atomic E-state index is 1.25. The van der Waals surface area contributed by atoms with Crippen molar-refractivity contribution >= 4 is 10.8 Å². The van der Waals surface area contributed by atoms with E-state index in [4.69, 9.17) is 0 Å². The van der Waals surface area contributed by atoms with E-state index in [1.807, 2.05) is 0 Å². The highest BCUT2D eigenvalue weighted by Crippen LogP contribution is 2.11. The van der Waals surface area contributed by atoms with Gasteiger partial charge in [-0.25, -0.2) is 0 Å². The SMILES string of the molecule is CCC.CN=NC.c1ccc2ccccc2c1. The van der Waals surface area contributed by atoms with Gasteiger partial charge in [0.2, 0.25) is 0 Å². The summed E-state index contributed by atoms with van der Waals surface area (Å²) in [6.45, 7) is 4.25. The summed E-state index contributed by atoms with van der Waals surface area (Å²) in [4.78, 5) is 0. The highest BCUT2D eigenvalue weighted by molar-refractivity contribution is 5.81. The van der Waals surface area contributed by atoms with Gasteiger partial charge >= 0.3 is 0 Å². The maximum Gasteiger partial charge on any atom is 0.0487 e. The Hall–Kier alpha value is -1.70. The summed E-state index contributed by atoms with van der Waals surface area (Å²) in [5.41, 5.74) is 0. The van der Waals surface area contributed by atoms with Crippen molar-refractivity contribution in [2.75, 3.05) is 14.1 Å². The highest BCUT2D eigenvalue weighted by atomic mass is 15.0. The molecule has 0 amide bonds. The lowest BCUT2D eigenvalue weighted by Crippen LogP contribution is -1.67. The van der Waals surface area contributed by atoms with Gasteiger partial charge in [0.15, 0.2) is 0 Å². The zero-order chi connectivity index (χ0) is 12.9. The summed E-state index contributed by atoms with van der Waals surface area (Å²) < 4.78 is 0. The molecular weight excluding hydrogens is 208 g/mol. The van der Waals surface area contributed by atoms with Crippen molar-refractivity contribution in [1.29, 1.82) is 0 Å². The lowest BCUT2D eigenvalue weighted by molar-refractivity contribution is 1.09. The average molecular weight is 230 g/mol. The first kappa shape index (κ1) is 15.3. The van der Waals surface area contributed by atoms with Crippen molar-refractivity contribution < 1.29 is 0 Å². The Labute approximate surface area is 104 Å². The van der Waals surface area contributed by atoms with Crippen molar-refractivity contribution in [1.82, 2.24) is 0 Å². The van der Waals surface area contributed by atoms with Crippen LogP contribution in [0.15, 0.2) is 58.8 Å². The molecule has 0 atom stereocenters. The molecular formula is C15H22N2. The summed E-state index contributed by atoms with van der Waals surface area (Å²) in [5.74, 6) is 0. The van der Waals surface area contributed by atoms with E-state index in [9.17, 15) is 0 Å². The molecule has 0 unspecified atom stereocenters. The Balaban J connectivity index is 0.000000311. The van der Waals surface area contributed by atoms with E-state index < -0.39 is 0 Å². The number of azo groups is 1. The van der Waals surface area contributed by atoms with Gasteiger partial charge in [0.05, 0.1) is 0 Å². The summed E-state index contributed by atoms with van der Waals surface area (Å²) >= 11 is 0. The third kappa shape index (κ3) is 7.23. The lowest BCUT2D eigenvalue weighted by Gasteiger charge is -1.92. The van der Waals surface area contributed by atoms with Crippen LogP contribution in [-0.2, 0) is 0 Å². The molecule has 2 nitrogen and oxygen atoms in total. The van der Waals surface area contributed by atoms with Crippen LogP contribution in [0.4, 0.5) is 0 Å². The monoisotopic (exact) mass is 230 g/mol. The Morgan fingerprint density at radius 2 is 0.941 bits per heavy atom. The topological polar surface area (TPSA) is 24.7 Å². The molecule has 0 aliphatic heterocycles. The molecule has 2 heteroatoms. The fraction of sp³-hybridized carbons (Fsp3) is 0.333. The van der Waals surface area contributed by atoms with E-state index >= 15 is 0 Å². The van der Waals surface area contributed by atoms with Crippen LogP contribution in [0.2, 0.25) is 0 Å². The van der Waals surface area contributed by atoms with Gasteiger partial charge in [-0.05, 0) is 10.8 Å². The van der Waals surface area contributed by atoms with Crippen LogP contribution >= 0.6 is 0 Å². The quantitative estimate of drug-likeness (QED) is 0.572. The summed E-state index contributed by atoms with van der Waals surface area (Å²) in [7, 11) is 3.28. The largest absolute Gasteiger partial charge is 0.198 e. The molecule has 92 valence electrons. The van der Waals surface area contributed by atoms with Crippen molar-refractivity contribution in [3.8, 4) is 0 Å². The van der Waals surface area contributed by atoms with Crippen LogP contribution in [0.3, 0.4) is 0 Å². The van der Waals surface area contributed by atoms with Crippen LogP contribution in [0.1, 0.15) is 20.3 Å². The molecule has 0 aliphatic carbocycles. The predicted octanol–water partition coefficient (Wildman–Crippen LogP) is 4.95. The van der Waals surface area contributed by atoms with E-state index in [1.54, 1.807) is 14.1 Å². The van der Waals surface area contributed by atoms with Crippen LogP contribution < -0.4 is 0 Å². The maximum atomic E-state index is 3.36. The predicted molar refractivity (Wildman–Crippen MR) is 76.6 cm³/mol. The van der Waals surface area contributed by atoms with Gasteiger partial charge in [-0.2, -0.15) is 10.2 Å². The fourth-order valence-corrected chi connectivity index (χ4v) is 1.13. The minimum Gasteiger partial charge on any atom is -0.198 e. The fourth-order valence-electron chi connectivity index (χ4n) is 1.13. The molecule has 0 N–H and O–H groups in total. The summed E-state index contributed by atoms with van der Waals surface area (Å²) in [6.07, 6.45) is 1.25. The molecule has 17 heavy (non-hydrogen) atoms. The Morgan fingerprint density at radius 1 is 0.706 bits per heavy atom. The molecule has 0 aliphatic rings. The van der Waals surface area contributed by atoms with Gasteiger partial charge < -0.3 is 0 Å². The van der Waals surface area contributed by atoms with E-state index in [2.05, 4.69) is 72.6 Å². The second kappa shape index (κ2) is 10.8. The van der Waals surface area contributed by atoms with Gasteiger partial charge in [0.1, 0.15) is 0 Å². The van der Waals surface area contributed by atoms with Gasteiger partial charge in [0.25, 0.3) is 0 Å². The summed E-state index contributed by atoms with van der Waals surface area (Å²) in [5, 5.41) is 9.34. The van der Waals surface area contributed by atoms with Crippen molar-refractivity contribution in [2.24, 2.45) is 10.2 Å². The summed E-state index contributed by atoms with van der Waals surface area (Å²) in [6, 6.07) is 16.7. The van der Waals surface area contributed by atoms with E-state index in [-0.39, 0.29) is 0 Å². The molecule has 0 heterocycles. The van der Waals surface area contributed by atoms with E-state index in [1.165, 1.54) is 17.2 Å². The average Bonchev–Trinajstić information content (AvgIpc) is 2.40. The number of hydrogen-bond donors (Lipinski definition) is 0. The van der Waals surface area contributed by atoms with Crippen LogP contribution in [0, 0.1) is 0 Å². The van der Waals surface area contributed by atoms with Gasteiger partial charge in [0, 0.05) is 14.1 Å².